The number of hydrogen-bond acceptors (Lipinski definition) is 3. The standard InChI is InChI=1S/C15H24N2S/c1-17(15-9-5-6-13(15)12-16)10-11-18-14-7-3-2-4-8-14/h2-4,7-8,13,15H,5-6,9-12,16H2,1H3. The molecule has 0 saturated heterocycles. The van der Waals surface area contributed by atoms with Crippen LogP contribution in [0, 0.1) is 5.92 Å². The summed E-state index contributed by atoms with van der Waals surface area (Å²) in [5.41, 5.74) is 5.85. The molecule has 2 rings (SSSR count). The van der Waals surface area contributed by atoms with Gasteiger partial charge in [-0.3, -0.25) is 0 Å². The Morgan fingerprint density at radius 1 is 1.28 bits per heavy atom. The van der Waals surface area contributed by atoms with Crippen LogP contribution >= 0.6 is 11.8 Å². The van der Waals surface area contributed by atoms with Crippen molar-refractivity contribution in [2.24, 2.45) is 11.7 Å². The van der Waals surface area contributed by atoms with Crippen molar-refractivity contribution >= 4 is 11.8 Å². The lowest BCUT2D eigenvalue weighted by molar-refractivity contribution is 0.211. The topological polar surface area (TPSA) is 29.3 Å². The maximum absolute atomic E-state index is 5.85. The zero-order chi connectivity index (χ0) is 12.8. The zero-order valence-corrected chi connectivity index (χ0v) is 12.0. The van der Waals surface area contributed by atoms with Gasteiger partial charge < -0.3 is 10.6 Å². The molecule has 0 amide bonds. The molecule has 1 aromatic rings. The predicted octanol–water partition coefficient (Wildman–Crippen LogP) is 2.84. The summed E-state index contributed by atoms with van der Waals surface area (Å²) < 4.78 is 0. The van der Waals surface area contributed by atoms with Gasteiger partial charge in [0.1, 0.15) is 0 Å². The highest BCUT2D eigenvalue weighted by atomic mass is 32.2. The first-order chi connectivity index (χ1) is 8.81. The third-order valence-electron chi connectivity index (χ3n) is 3.94. The van der Waals surface area contributed by atoms with Crippen molar-refractivity contribution < 1.29 is 0 Å². The van der Waals surface area contributed by atoms with E-state index in [1.807, 2.05) is 11.8 Å². The first kappa shape index (κ1) is 13.9. The molecule has 0 radical (unpaired) electrons. The van der Waals surface area contributed by atoms with E-state index >= 15 is 0 Å². The third kappa shape index (κ3) is 3.74. The molecule has 2 nitrogen and oxygen atoms in total. The molecular formula is C15H24N2S. The molecule has 1 aliphatic carbocycles. The van der Waals surface area contributed by atoms with Crippen molar-refractivity contribution in [3.63, 3.8) is 0 Å². The molecule has 0 aliphatic heterocycles. The Bertz CT molecular complexity index is 342. The highest BCUT2D eigenvalue weighted by molar-refractivity contribution is 7.99. The molecule has 1 fully saturated rings. The molecule has 0 spiro atoms. The quantitative estimate of drug-likeness (QED) is 0.801. The molecule has 1 aromatic carbocycles. The summed E-state index contributed by atoms with van der Waals surface area (Å²) in [7, 11) is 2.25. The van der Waals surface area contributed by atoms with E-state index < -0.39 is 0 Å². The second-order valence-corrected chi connectivity index (χ2v) is 6.30. The van der Waals surface area contributed by atoms with Gasteiger partial charge in [-0.15, -0.1) is 11.8 Å². The van der Waals surface area contributed by atoms with Gasteiger partial charge in [0.15, 0.2) is 0 Å². The highest BCUT2D eigenvalue weighted by Gasteiger charge is 2.28. The second kappa shape index (κ2) is 7.17. The summed E-state index contributed by atoms with van der Waals surface area (Å²) in [5, 5.41) is 0. The first-order valence-corrected chi connectivity index (χ1v) is 7.88. The van der Waals surface area contributed by atoms with E-state index in [9.17, 15) is 0 Å². The normalized spacial score (nSPS) is 23.7. The fourth-order valence-corrected chi connectivity index (χ4v) is 3.83. The number of rotatable bonds is 6. The van der Waals surface area contributed by atoms with Crippen LogP contribution < -0.4 is 5.73 Å². The van der Waals surface area contributed by atoms with E-state index in [4.69, 9.17) is 5.73 Å². The van der Waals surface area contributed by atoms with Crippen molar-refractivity contribution in [3.8, 4) is 0 Å². The Balaban J connectivity index is 1.73. The van der Waals surface area contributed by atoms with Crippen LogP contribution in [0.2, 0.25) is 0 Å². The average Bonchev–Trinajstić information content (AvgIpc) is 2.88. The molecule has 0 heterocycles. The largest absolute Gasteiger partial charge is 0.330 e. The smallest absolute Gasteiger partial charge is 0.0133 e. The van der Waals surface area contributed by atoms with E-state index in [0.29, 0.717) is 6.04 Å². The fraction of sp³-hybridized carbons (Fsp3) is 0.600. The minimum absolute atomic E-state index is 0.714. The van der Waals surface area contributed by atoms with Gasteiger partial charge in [-0.2, -0.15) is 0 Å². The number of benzene rings is 1. The molecule has 2 atom stereocenters. The van der Waals surface area contributed by atoms with Crippen LogP contribution in [0.1, 0.15) is 19.3 Å². The van der Waals surface area contributed by atoms with Gasteiger partial charge in [0, 0.05) is 23.2 Å². The van der Waals surface area contributed by atoms with Crippen LogP contribution in [0.4, 0.5) is 0 Å². The summed E-state index contributed by atoms with van der Waals surface area (Å²) in [4.78, 5) is 3.88. The second-order valence-electron chi connectivity index (χ2n) is 5.14. The first-order valence-electron chi connectivity index (χ1n) is 6.89. The van der Waals surface area contributed by atoms with Crippen LogP contribution in [-0.2, 0) is 0 Å². The van der Waals surface area contributed by atoms with Gasteiger partial charge in [0.25, 0.3) is 0 Å². The number of hydrogen-bond donors (Lipinski definition) is 1. The van der Waals surface area contributed by atoms with Gasteiger partial charge in [-0.05, 0) is 44.5 Å². The molecule has 2 N–H and O–H groups in total. The van der Waals surface area contributed by atoms with E-state index in [2.05, 4.69) is 42.3 Å². The van der Waals surface area contributed by atoms with Crippen LogP contribution in [-0.4, -0.2) is 36.8 Å². The minimum Gasteiger partial charge on any atom is -0.330 e. The van der Waals surface area contributed by atoms with Gasteiger partial charge in [0.05, 0.1) is 0 Å². The van der Waals surface area contributed by atoms with Gasteiger partial charge in [-0.1, -0.05) is 24.6 Å². The Kier molecular flexibility index (Phi) is 5.54. The lowest BCUT2D eigenvalue weighted by Gasteiger charge is -2.28. The Labute approximate surface area is 115 Å². The van der Waals surface area contributed by atoms with E-state index in [1.165, 1.54) is 24.2 Å². The summed E-state index contributed by atoms with van der Waals surface area (Å²) >= 11 is 1.94. The van der Waals surface area contributed by atoms with Crippen molar-refractivity contribution in [1.82, 2.24) is 4.90 Å². The maximum atomic E-state index is 5.85. The van der Waals surface area contributed by atoms with Crippen LogP contribution in [0.3, 0.4) is 0 Å². The third-order valence-corrected chi connectivity index (χ3v) is 4.94. The van der Waals surface area contributed by atoms with E-state index in [-0.39, 0.29) is 0 Å². The summed E-state index contributed by atoms with van der Waals surface area (Å²) in [6, 6.07) is 11.4. The lowest BCUT2D eigenvalue weighted by Crippen LogP contribution is -2.38. The van der Waals surface area contributed by atoms with Gasteiger partial charge in [-0.25, -0.2) is 0 Å². The molecule has 18 heavy (non-hydrogen) atoms. The molecule has 1 aliphatic rings. The summed E-state index contributed by atoms with van der Waals surface area (Å²) in [6.45, 7) is 2.00. The van der Waals surface area contributed by atoms with E-state index in [0.717, 1.165) is 24.8 Å². The van der Waals surface area contributed by atoms with Crippen LogP contribution in [0.15, 0.2) is 35.2 Å². The van der Waals surface area contributed by atoms with E-state index in [1.54, 1.807) is 0 Å². The lowest BCUT2D eigenvalue weighted by atomic mass is 10.0. The minimum atomic E-state index is 0.714. The number of thioether (sulfide) groups is 1. The SMILES string of the molecule is CN(CCSc1ccccc1)C1CCCC1CN. The Morgan fingerprint density at radius 3 is 2.78 bits per heavy atom. The fourth-order valence-electron chi connectivity index (χ4n) is 2.86. The van der Waals surface area contributed by atoms with Crippen molar-refractivity contribution in [2.75, 3.05) is 25.9 Å². The van der Waals surface area contributed by atoms with Crippen LogP contribution in [0.25, 0.3) is 0 Å². The number of nitrogens with zero attached hydrogens (tertiary/aromatic N) is 1. The van der Waals surface area contributed by atoms with Gasteiger partial charge in [0.2, 0.25) is 0 Å². The highest BCUT2D eigenvalue weighted by Crippen LogP contribution is 2.28. The van der Waals surface area contributed by atoms with Gasteiger partial charge >= 0.3 is 0 Å². The zero-order valence-electron chi connectivity index (χ0n) is 11.2. The summed E-state index contributed by atoms with van der Waals surface area (Å²) in [5.74, 6) is 1.88. The Hall–Kier alpha value is -0.510. The summed E-state index contributed by atoms with van der Waals surface area (Å²) in [6.07, 6.45) is 3.99. The molecule has 2 unspecified atom stereocenters. The molecule has 3 heteroatoms. The average molecular weight is 264 g/mol. The predicted molar refractivity (Wildman–Crippen MR) is 80.0 cm³/mol. The molecule has 1 saturated carbocycles. The van der Waals surface area contributed by atoms with Crippen LogP contribution in [0.5, 0.6) is 0 Å². The molecular weight excluding hydrogens is 240 g/mol. The van der Waals surface area contributed by atoms with Crippen molar-refractivity contribution in [1.29, 1.82) is 0 Å². The molecule has 0 bridgehead atoms. The monoisotopic (exact) mass is 264 g/mol. The van der Waals surface area contributed by atoms with Crippen molar-refractivity contribution in [2.45, 2.75) is 30.2 Å². The van der Waals surface area contributed by atoms with Crippen molar-refractivity contribution in [3.05, 3.63) is 30.3 Å². The number of nitrogens with two attached hydrogens (primary N) is 1. The molecule has 0 aromatic heterocycles. The Morgan fingerprint density at radius 2 is 2.06 bits per heavy atom. The molecule has 100 valence electrons. The maximum Gasteiger partial charge on any atom is 0.0133 e.